The first-order valence-electron chi connectivity index (χ1n) is 14.6. The Kier molecular flexibility index (Phi) is 8.49. The molecule has 0 spiro atoms. The third-order valence-corrected chi connectivity index (χ3v) is 7.88. The largest absolute Gasteiger partial charge is 0.429 e. The molecule has 6 rings (SSSR count). The summed E-state index contributed by atoms with van der Waals surface area (Å²) >= 11 is 0. The second kappa shape index (κ2) is 12.5. The molecular weight excluding hydrogens is 624 g/mol. The first-order valence-corrected chi connectivity index (χ1v) is 14.6. The van der Waals surface area contributed by atoms with Crippen molar-refractivity contribution in [2.24, 2.45) is 0 Å². The van der Waals surface area contributed by atoms with Crippen molar-refractivity contribution in [1.29, 1.82) is 0 Å². The second-order valence-electron chi connectivity index (χ2n) is 11.0. The average molecular weight is 649 g/mol. The molecule has 238 valence electrons. The standard InChI is InChI=1S/C38H24F8O/c1-2-3-21-4-6-22(7-5-21)23-8-10-24(11-9-23)29-17-14-26-18-30(35(42)37(44)33(26)34(29)41)25-12-15-27(16-13-25)38(45,46)47-28-19-31(39)36(43)32(40)20-28/h4-20H,2-3H2,1H3. The maximum atomic E-state index is 15.7. The van der Waals surface area contributed by atoms with Crippen LogP contribution in [0.3, 0.4) is 0 Å². The molecule has 0 bridgehead atoms. The van der Waals surface area contributed by atoms with Crippen LogP contribution < -0.4 is 4.74 Å². The molecule has 0 unspecified atom stereocenters. The van der Waals surface area contributed by atoms with E-state index in [0.717, 1.165) is 48.2 Å². The van der Waals surface area contributed by atoms with Crippen molar-refractivity contribution in [2.45, 2.75) is 25.9 Å². The van der Waals surface area contributed by atoms with Gasteiger partial charge in [-0.1, -0.05) is 86.1 Å². The molecule has 9 heteroatoms. The van der Waals surface area contributed by atoms with Gasteiger partial charge >= 0.3 is 6.11 Å². The molecule has 0 aliphatic carbocycles. The van der Waals surface area contributed by atoms with Crippen LogP contribution in [0.2, 0.25) is 0 Å². The Morgan fingerprint density at radius 1 is 0.532 bits per heavy atom. The van der Waals surface area contributed by atoms with Crippen LogP contribution in [-0.4, -0.2) is 0 Å². The lowest BCUT2D eigenvalue weighted by Gasteiger charge is -2.19. The molecule has 0 saturated heterocycles. The summed E-state index contributed by atoms with van der Waals surface area (Å²) in [6.45, 7) is 2.11. The molecule has 0 saturated carbocycles. The zero-order chi connectivity index (χ0) is 33.5. The van der Waals surface area contributed by atoms with E-state index in [0.29, 0.717) is 5.56 Å². The molecular formula is C38H24F8O. The van der Waals surface area contributed by atoms with Gasteiger partial charge in [0.2, 0.25) is 0 Å². The Balaban J connectivity index is 1.27. The first kappa shape index (κ1) is 31.8. The van der Waals surface area contributed by atoms with Gasteiger partial charge in [-0.2, -0.15) is 8.78 Å². The summed E-state index contributed by atoms with van der Waals surface area (Å²) in [5.74, 6) is -10.0. The Hall–Kier alpha value is -5.18. The van der Waals surface area contributed by atoms with Gasteiger partial charge in [0.1, 0.15) is 11.6 Å². The number of ether oxygens (including phenoxy) is 1. The normalized spacial score (nSPS) is 11.7. The van der Waals surface area contributed by atoms with Gasteiger partial charge in [-0.05, 0) is 57.8 Å². The molecule has 0 aliphatic heterocycles. The van der Waals surface area contributed by atoms with Crippen LogP contribution in [0.25, 0.3) is 44.2 Å². The molecule has 0 N–H and O–H groups in total. The molecule has 0 aliphatic rings. The van der Waals surface area contributed by atoms with E-state index in [2.05, 4.69) is 23.8 Å². The van der Waals surface area contributed by atoms with Gasteiger partial charge in [0.15, 0.2) is 29.1 Å². The fourth-order valence-corrected chi connectivity index (χ4v) is 5.45. The van der Waals surface area contributed by atoms with Gasteiger partial charge in [0.05, 0.1) is 10.9 Å². The van der Waals surface area contributed by atoms with E-state index in [-0.39, 0.29) is 34.2 Å². The van der Waals surface area contributed by atoms with Crippen LogP contribution in [0, 0.1) is 34.9 Å². The topological polar surface area (TPSA) is 9.23 Å². The number of aryl methyl sites for hydroxylation is 1. The van der Waals surface area contributed by atoms with Crippen molar-refractivity contribution in [2.75, 3.05) is 0 Å². The van der Waals surface area contributed by atoms with Crippen molar-refractivity contribution in [1.82, 2.24) is 0 Å². The van der Waals surface area contributed by atoms with Crippen LogP contribution >= 0.6 is 0 Å². The Labute approximate surface area is 264 Å². The Morgan fingerprint density at radius 3 is 1.66 bits per heavy atom. The fraction of sp³-hybridized carbons (Fsp3) is 0.105. The maximum absolute atomic E-state index is 15.7. The fourth-order valence-electron chi connectivity index (χ4n) is 5.45. The number of halogens is 8. The van der Waals surface area contributed by atoms with Gasteiger partial charge in [-0.3, -0.25) is 0 Å². The SMILES string of the molecule is CCCc1ccc(-c2ccc(-c3ccc4cc(-c5ccc(C(F)(F)Oc6cc(F)c(F)c(F)c6)cc5)c(F)c(F)c4c3F)cc2)cc1. The number of benzene rings is 6. The van der Waals surface area contributed by atoms with E-state index in [4.69, 9.17) is 0 Å². The summed E-state index contributed by atoms with van der Waals surface area (Å²) in [5.41, 5.74) is 2.55. The molecule has 0 radical (unpaired) electrons. The minimum Gasteiger partial charge on any atom is -0.429 e. The summed E-state index contributed by atoms with van der Waals surface area (Å²) < 4.78 is 120. The third kappa shape index (κ3) is 6.17. The molecule has 47 heavy (non-hydrogen) atoms. The molecule has 0 aromatic heterocycles. The molecule has 6 aromatic carbocycles. The summed E-state index contributed by atoms with van der Waals surface area (Å²) in [6.07, 6.45) is -2.11. The molecule has 0 heterocycles. The third-order valence-electron chi connectivity index (χ3n) is 7.88. The number of alkyl halides is 2. The summed E-state index contributed by atoms with van der Waals surface area (Å²) in [5, 5.41) is -0.517. The summed E-state index contributed by atoms with van der Waals surface area (Å²) in [6, 6.07) is 23.6. The van der Waals surface area contributed by atoms with Gasteiger partial charge in [-0.15, -0.1) is 0 Å². The predicted molar refractivity (Wildman–Crippen MR) is 165 cm³/mol. The van der Waals surface area contributed by atoms with E-state index in [9.17, 15) is 22.0 Å². The van der Waals surface area contributed by atoms with Crippen molar-refractivity contribution in [3.8, 4) is 39.1 Å². The van der Waals surface area contributed by atoms with Gasteiger partial charge in [0, 0.05) is 23.3 Å². The van der Waals surface area contributed by atoms with E-state index < -0.39 is 57.7 Å². The lowest BCUT2D eigenvalue weighted by Crippen LogP contribution is -2.22. The quantitative estimate of drug-likeness (QED) is 0.118. The lowest BCUT2D eigenvalue weighted by molar-refractivity contribution is -0.185. The zero-order valence-corrected chi connectivity index (χ0v) is 24.7. The smallest absolute Gasteiger partial charge is 0.426 e. The highest BCUT2D eigenvalue weighted by molar-refractivity contribution is 5.92. The van der Waals surface area contributed by atoms with Crippen molar-refractivity contribution >= 4 is 10.8 Å². The minimum atomic E-state index is -4.13. The molecule has 1 nitrogen and oxygen atoms in total. The van der Waals surface area contributed by atoms with Crippen LogP contribution in [-0.2, 0) is 12.5 Å². The summed E-state index contributed by atoms with van der Waals surface area (Å²) in [4.78, 5) is 0. The summed E-state index contributed by atoms with van der Waals surface area (Å²) in [7, 11) is 0. The van der Waals surface area contributed by atoms with Crippen LogP contribution in [0.4, 0.5) is 35.1 Å². The molecule has 6 aromatic rings. The van der Waals surface area contributed by atoms with Crippen molar-refractivity contribution in [3.63, 3.8) is 0 Å². The number of hydrogen-bond acceptors (Lipinski definition) is 1. The monoisotopic (exact) mass is 648 g/mol. The highest BCUT2D eigenvalue weighted by atomic mass is 19.3. The minimum absolute atomic E-state index is 0.00970. The Morgan fingerprint density at radius 2 is 1.06 bits per heavy atom. The Bertz CT molecular complexity index is 2070. The van der Waals surface area contributed by atoms with E-state index in [1.807, 2.05) is 24.3 Å². The maximum Gasteiger partial charge on any atom is 0.426 e. The number of hydrogen-bond donors (Lipinski definition) is 0. The molecule has 0 atom stereocenters. The second-order valence-corrected chi connectivity index (χ2v) is 11.0. The molecule has 0 amide bonds. The van der Waals surface area contributed by atoms with Crippen molar-refractivity contribution in [3.05, 3.63) is 149 Å². The lowest BCUT2D eigenvalue weighted by atomic mass is 9.94. The van der Waals surface area contributed by atoms with E-state index >= 15 is 13.2 Å². The first-order chi connectivity index (χ1) is 22.5. The highest BCUT2D eigenvalue weighted by Gasteiger charge is 2.35. The number of fused-ring (bicyclic) bond motifs is 1. The van der Waals surface area contributed by atoms with Crippen LogP contribution in [0.15, 0.2) is 103 Å². The zero-order valence-electron chi connectivity index (χ0n) is 24.7. The van der Waals surface area contributed by atoms with E-state index in [1.54, 1.807) is 12.1 Å². The van der Waals surface area contributed by atoms with Gasteiger partial charge < -0.3 is 4.74 Å². The van der Waals surface area contributed by atoms with Gasteiger partial charge in [-0.25, -0.2) is 26.3 Å². The average Bonchev–Trinajstić information content (AvgIpc) is 3.06. The van der Waals surface area contributed by atoms with Gasteiger partial charge in [0.25, 0.3) is 0 Å². The van der Waals surface area contributed by atoms with Crippen molar-refractivity contribution < 1.29 is 39.9 Å². The van der Waals surface area contributed by atoms with E-state index in [1.165, 1.54) is 23.8 Å². The predicted octanol–water partition coefficient (Wildman–Crippen LogP) is 11.8. The highest BCUT2D eigenvalue weighted by Crippen LogP contribution is 2.38. The molecule has 0 fully saturated rings. The van der Waals surface area contributed by atoms with Crippen LogP contribution in [0.1, 0.15) is 24.5 Å². The van der Waals surface area contributed by atoms with Crippen LogP contribution in [0.5, 0.6) is 5.75 Å². The number of rotatable bonds is 8.